The van der Waals surface area contributed by atoms with Gasteiger partial charge < -0.3 is 15.0 Å². The van der Waals surface area contributed by atoms with E-state index in [-0.39, 0.29) is 29.4 Å². The van der Waals surface area contributed by atoms with Gasteiger partial charge in [-0.25, -0.2) is 4.79 Å². The number of ether oxygens (including phenoxy) is 1. The molecule has 3 atom stereocenters. The lowest BCUT2D eigenvalue weighted by molar-refractivity contribution is -0.163. The van der Waals surface area contributed by atoms with Crippen molar-refractivity contribution in [3.05, 3.63) is 96.6 Å². The van der Waals surface area contributed by atoms with Crippen LogP contribution in [0.1, 0.15) is 71.2 Å². The van der Waals surface area contributed by atoms with Crippen LogP contribution in [0.2, 0.25) is 6.04 Å². The number of nitrogens with zero attached hydrogens (tertiary/aromatic N) is 1. The molecule has 4 rings (SSSR count). The van der Waals surface area contributed by atoms with Crippen molar-refractivity contribution in [2.45, 2.75) is 84.2 Å². The molecule has 1 aliphatic heterocycles. The summed E-state index contributed by atoms with van der Waals surface area (Å²) >= 11 is 0. The van der Waals surface area contributed by atoms with E-state index in [1.165, 1.54) is 10.4 Å². The standard InChI is InChI=1S/C37H48N2O4Si/c1-27(2)25-33(38-34(40)29-17-10-7-11-18-29)44(30-19-12-8-13-20-30,31-21-14-9-15-22-31)26-28(3)35(41)39-24-16-23-32(39)36(42)43-37(4,5)6/h7-15,17-22,27-28,32-33H,16,23-26H2,1-6H3,(H,38,40)/t28?,32-,33?/m0/s1. The van der Waals surface area contributed by atoms with Gasteiger partial charge in [0.2, 0.25) is 5.91 Å². The number of rotatable bonds is 11. The van der Waals surface area contributed by atoms with E-state index in [9.17, 15) is 14.4 Å². The Morgan fingerprint density at radius 2 is 1.39 bits per heavy atom. The average Bonchev–Trinajstić information content (AvgIpc) is 3.50. The van der Waals surface area contributed by atoms with Crippen molar-refractivity contribution in [3.8, 4) is 0 Å². The molecule has 0 aromatic heterocycles. The zero-order chi connectivity index (χ0) is 31.9. The van der Waals surface area contributed by atoms with Crippen LogP contribution in [0.5, 0.6) is 0 Å². The molecule has 1 heterocycles. The van der Waals surface area contributed by atoms with E-state index in [0.717, 1.165) is 12.8 Å². The molecule has 7 heteroatoms. The summed E-state index contributed by atoms with van der Waals surface area (Å²) in [7, 11) is -2.90. The fraction of sp³-hybridized carbons (Fsp3) is 0.432. The van der Waals surface area contributed by atoms with Crippen molar-refractivity contribution in [3.63, 3.8) is 0 Å². The maximum atomic E-state index is 14.3. The second kappa shape index (κ2) is 14.4. The van der Waals surface area contributed by atoms with E-state index in [1.807, 2.05) is 70.2 Å². The smallest absolute Gasteiger partial charge is 0.329 e. The van der Waals surface area contributed by atoms with Crippen molar-refractivity contribution < 1.29 is 19.1 Å². The summed E-state index contributed by atoms with van der Waals surface area (Å²) in [4.78, 5) is 43.0. The number of esters is 1. The first-order valence-electron chi connectivity index (χ1n) is 15.9. The van der Waals surface area contributed by atoms with E-state index in [2.05, 4.69) is 67.7 Å². The SMILES string of the molecule is CC(C)CC(NC(=O)c1ccccc1)[Si](CC(C)C(=O)N1CCC[C@H]1C(=O)OC(C)(C)C)(c1ccccc1)c1ccccc1. The Kier molecular flexibility index (Phi) is 10.8. The van der Waals surface area contributed by atoms with Gasteiger partial charge in [-0.2, -0.15) is 0 Å². The van der Waals surface area contributed by atoms with E-state index in [1.54, 1.807) is 4.90 Å². The molecule has 3 aromatic rings. The molecule has 0 saturated carbocycles. The minimum Gasteiger partial charge on any atom is -0.458 e. The molecule has 2 unspecified atom stereocenters. The van der Waals surface area contributed by atoms with Crippen LogP contribution in [-0.4, -0.2) is 54.6 Å². The molecule has 3 aromatic carbocycles. The summed E-state index contributed by atoms with van der Waals surface area (Å²) in [6.07, 6.45) is 2.14. The van der Waals surface area contributed by atoms with Gasteiger partial charge in [0.25, 0.3) is 5.91 Å². The first-order valence-corrected chi connectivity index (χ1v) is 18.2. The highest BCUT2D eigenvalue weighted by Gasteiger charge is 2.49. The Balaban J connectivity index is 1.79. The van der Waals surface area contributed by atoms with Gasteiger partial charge in [-0.05, 0) is 64.1 Å². The first kappa shape index (κ1) is 33.2. The molecule has 1 fully saturated rings. The molecule has 44 heavy (non-hydrogen) atoms. The van der Waals surface area contributed by atoms with Crippen LogP contribution in [0, 0.1) is 11.8 Å². The van der Waals surface area contributed by atoms with Gasteiger partial charge in [0.15, 0.2) is 0 Å². The average molecular weight is 613 g/mol. The highest BCUT2D eigenvalue weighted by Crippen LogP contribution is 2.30. The lowest BCUT2D eigenvalue weighted by Crippen LogP contribution is -2.72. The fourth-order valence-electron chi connectivity index (χ4n) is 6.60. The number of likely N-dealkylation sites (tertiary alicyclic amines) is 1. The van der Waals surface area contributed by atoms with Gasteiger partial charge in [-0.15, -0.1) is 0 Å². The van der Waals surface area contributed by atoms with Crippen LogP contribution in [-0.2, 0) is 14.3 Å². The number of hydrogen-bond donors (Lipinski definition) is 1. The van der Waals surface area contributed by atoms with Crippen molar-refractivity contribution >= 4 is 36.2 Å². The number of amides is 2. The Bertz CT molecular complexity index is 1350. The molecule has 6 nitrogen and oxygen atoms in total. The monoisotopic (exact) mass is 612 g/mol. The minimum atomic E-state index is -2.90. The number of nitrogens with one attached hydrogen (secondary N) is 1. The number of benzene rings is 3. The van der Waals surface area contributed by atoms with Gasteiger partial charge in [-0.3, -0.25) is 9.59 Å². The van der Waals surface area contributed by atoms with Gasteiger partial charge in [0.05, 0.1) is 0 Å². The maximum Gasteiger partial charge on any atom is 0.329 e. The Hall–Kier alpha value is -3.71. The molecule has 1 N–H and O–H groups in total. The number of hydrogen-bond acceptors (Lipinski definition) is 4. The Morgan fingerprint density at radius 3 is 1.89 bits per heavy atom. The summed E-state index contributed by atoms with van der Waals surface area (Å²) in [6, 6.07) is 30.3. The van der Waals surface area contributed by atoms with Crippen LogP contribution in [0.15, 0.2) is 91.0 Å². The van der Waals surface area contributed by atoms with E-state index in [0.29, 0.717) is 30.5 Å². The summed E-state index contributed by atoms with van der Waals surface area (Å²) in [5.41, 5.74) is -0.189. The van der Waals surface area contributed by atoms with Crippen LogP contribution < -0.4 is 15.7 Å². The van der Waals surface area contributed by atoms with Gasteiger partial charge in [-0.1, -0.05) is 110 Å². The van der Waals surface area contributed by atoms with Crippen LogP contribution >= 0.6 is 0 Å². The quantitative estimate of drug-likeness (QED) is 0.226. The van der Waals surface area contributed by atoms with Crippen LogP contribution in [0.25, 0.3) is 0 Å². The zero-order valence-corrected chi connectivity index (χ0v) is 28.1. The second-order valence-electron chi connectivity index (χ2n) is 13.6. The van der Waals surface area contributed by atoms with E-state index in [4.69, 9.17) is 4.74 Å². The predicted molar refractivity (Wildman–Crippen MR) is 180 cm³/mol. The first-order chi connectivity index (χ1) is 20.9. The molecule has 0 aliphatic carbocycles. The van der Waals surface area contributed by atoms with Gasteiger partial charge in [0.1, 0.15) is 19.7 Å². The molecule has 0 spiro atoms. The maximum absolute atomic E-state index is 14.3. The summed E-state index contributed by atoms with van der Waals surface area (Å²) < 4.78 is 5.72. The van der Waals surface area contributed by atoms with Crippen LogP contribution in [0.3, 0.4) is 0 Å². The highest BCUT2D eigenvalue weighted by atomic mass is 28.3. The minimum absolute atomic E-state index is 0.0280. The third-order valence-electron chi connectivity index (χ3n) is 8.49. The third-order valence-corrected chi connectivity index (χ3v) is 14.0. The summed E-state index contributed by atoms with van der Waals surface area (Å²) in [6.45, 7) is 12.5. The van der Waals surface area contributed by atoms with Crippen LogP contribution in [0.4, 0.5) is 0 Å². The fourth-order valence-corrected chi connectivity index (χ4v) is 12.5. The third kappa shape index (κ3) is 7.86. The predicted octanol–water partition coefficient (Wildman–Crippen LogP) is 5.60. The molecule has 0 radical (unpaired) electrons. The van der Waals surface area contributed by atoms with E-state index >= 15 is 0 Å². The summed E-state index contributed by atoms with van der Waals surface area (Å²) in [5, 5.41) is 5.84. The largest absolute Gasteiger partial charge is 0.458 e. The van der Waals surface area contributed by atoms with Crippen molar-refractivity contribution in [1.29, 1.82) is 0 Å². The lowest BCUT2D eigenvalue weighted by Gasteiger charge is -2.43. The molecule has 1 saturated heterocycles. The normalized spacial score (nSPS) is 16.8. The van der Waals surface area contributed by atoms with Crippen molar-refractivity contribution in [1.82, 2.24) is 10.2 Å². The molecular weight excluding hydrogens is 565 g/mol. The Morgan fingerprint density at radius 1 is 0.864 bits per heavy atom. The second-order valence-corrected chi connectivity index (χ2v) is 17.8. The van der Waals surface area contributed by atoms with Crippen molar-refractivity contribution in [2.75, 3.05) is 6.54 Å². The van der Waals surface area contributed by atoms with Gasteiger partial charge >= 0.3 is 5.97 Å². The summed E-state index contributed by atoms with van der Waals surface area (Å²) in [5.74, 6) is -0.550. The molecule has 234 valence electrons. The lowest BCUT2D eigenvalue weighted by atomic mass is 10.1. The molecular formula is C37H48N2O4Si. The van der Waals surface area contributed by atoms with Gasteiger partial charge in [0, 0.05) is 23.7 Å². The zero-order valence-electron chi connectivity index (χ0n) is 27.1. The molecule has 2 amide bonds. The number of carbonyl (C=O) groups is 3. The van der Waals surface area contributed by atoms with Crippen molar-refractivity contribution in [2.24, 2.45) is 11.8 Å². The molecule has 0 bridgehead atoms. The Labute approximate surface area is 264 Å². The number of carbonyl (C=O) groups excluding carboxylic acids is 3. The van der Waals surface area contributed by atoms with E-state index < -0.39 is 19.7 Å². The highest BCUT2D eigenvalue weighted by molar-refractivity contribution is 7.03. The topological polar surface area (TPSA) is 75.7 Å². The molecule has 1 aliphatic rings.